The zero-order chi connectivity index (χ0) is 22.0. The van der Waals surface area contributed by atoms with Crippen LogP contribution < -0.4 is 19.3 Å². The summed E-state index contributed by atoms with van der Waals surface area (Å²) in [6, 6.07) is 11.5. The van der Waals surface area contributed by atoms with Crippen LogP contribution in [0.2, 0.25) is 0 Å². The van der Waals surface area contributed by atoms with Gasteiger partial charge in [-0.05, 0) is 51.3 Å². The molecule has 32 heavy (non-hydrogen) atoms. The molecule has 3 aromatic rings. The minimum atomic E-state index is -0.0413. The van der Waals surface area contributed by atoms with E-state index in [1.165, 1.54) is 11.3 Å². The first-order chi connectivity index (χ1) is 14.9. The highest BCUT2D eigenvalue weighted by Gasteiger charge is 2.23. The quantitative estimate of drug-likeness (QED) is 0.510. The van der Waals surface area contributed by atoms with Crippen molar-refractivity contribution >= 4 is 50.7 Å². The Labute approximate surface area is 198 Å². The van der Waals surface area contributed by atoms with Gasteiger partial charge in [0.1, 0.15) is 13.2 Å². The SMILES string of the molecule is CN(C)CCCN(C(=O)c1ccc(N(C)C)cc1)c1nc2cc3c(cc2s1)OCCO3.Cl. The molecule has 2 aromatic carbocycles. The maximum absolute atomic E-state index is 13.5. The smallest absolute Gasteiger partial charge is 0.260 e. The lowest BCUT2D eigenvalue weighted by Gasteiger charge is -2.21. The number of carbonyl (C=O) groups excluding carboxylic acids is 1. The number of rotatable bonds is 7. The zero-order valence-electron chi connectivity index (χ0n) is 18.8. The van der Waals surface area contributed by atoms with Gasteiger partial charge in [-0.25, -0.2) is 4.98 Å². The number of benzene rings is 2. The fourth-order valence-electron chi connectivity index (χ4n) is 3.46. The summed E-state index contributed by atoms with van der Waals surface area (Å²) in [4.78, 5) is 24.2. The van der Waals surface area contributed by atoms with Crippen molar-refractivity contribution in [3.63, 3.8) is 0 Å². The van der Waals surface area contributed by atoms with E-state index in [4.69, 9.17) is 14.5 Å². The first kappa shape index (κ1) is 24.1. The van der Waals surface area contributed by atoms with E-state index in [-0.39, 0.29) is 18.3 Å². The number of ether oxygens (including phenoxy) is 2. The van der Waals surface area contributed by atoms with E-state index in [9.17, 15) is 4.79 Å². The van der Waals surface area contributed by atoms with Crippen molar-refractivity contribution in [2.45, 2.75) is 6.42 Å². The lowest BCUT2D eigenvalue weighted by atomic mass is 10.1. The molecule has 0 bridgehead atoms. The molecular weight excluding hydrogens is 448 g/mol. The number of hydrogen-bond acceptors (Lipinski definition) is 7. The molecule has 2 heterocycles. The molecule has 0 atom stereocenters. The Morgan fingerprint density at radius 2 is 1.66 bits per heavy atom. The Morgan fingerprint density at radius 1 is 1.00 bits per heavy atom. The summed E-state index contributed by atoms with van der Waals surface area (Å²) in [6.45, 7) is 2.57. The average molecular weight is 477 g/mol. The van der Waals surface area contributed by atoms with Crippen LogP contribution in [0.4, 0.5) is 10.8 Å². The molecule has 0 spiro atoms. The van der Waals surface area contributed by atoms with Gasteiger partial charge >= 0.3 is 0 Å². The van der Waals surface area contributed by atoms with Gasteiger partial charge < -0.3 is 19.3 Å². The molecule has 0 saturated carbocycles. The van der Waals surface area contributed by atoms with Crippen molar-refractivity contribution in [1.29, 1.82) is 0 Å². The number of hydrogen-bond donors (Lipinski definition) is 0. The van der Waals surface area contributed by atoms with Crippen LogP contribution >= 0.6 is 23.7 Å². The summed E-state index contributed by atoms with van der Waals surface area (Å²) in [5.41, 5.74) is 2.53. The molecule has 172 valence electrons. The van der Waals surface area contributed by atoms with Crippen LogP contribution in [0.5, 0.6) is 11.5 Å². The van der Waals surface area contributed by atoms with Gasteiger partial charge in [0.2, 0.25) is 0 Å². The summed E-state index contributed by atoms with van der Waals surface area (Å²) in [5, 5.41) is 0.692. The van der Waals surface area contributed by atoms with Crippen molar-refractivity contribution in [3.05, 3.63) is 42.0 Å². The molecule has 7 nitrogen and oxygen atoms in total. The molecule has 1 aliphatic heterocycles. The van der Waals surface area contributed by atoms with Crippen molar-refractivity contribution in [2.24, 2.45) is 0 Å². The third-order valence-electron chi connectivity index (χ3n) is 5.13. The van der Waals surface area contributed by atoms with Gasteiger partial charge in [0.25, 0.3) is 5.91 Å². The summed E-state index contributed by atoms with van der Waals surface area (Å²) in [5.74, 6) is 1.40. The molecule has 0 fully saturated rings. The van der Waals surface area contributed by atoms with E-state index in [2.05, 4.69) is 4.90 Å². The van der Waals surface area contributed by atoms with Crippen LogP contribution in [0.1, 0.15) is 16.8 Å². The number of aromatic nitrogens is 1. The minimum absolute atomic E-state index is 0. The molecule has 1 amide bonds. The number of thiazole rings is 1. The topological polar surface area (TPSA) is 58.1 Å². The van der Waals surface area contributed by atoms with E-state index < -0.39 is 0 Å². The standard InChI is InChI=1S/C23H28N4O3S.ClH/c1-25(2)10-5-11-27(22(28)16-6-8-17(9-7-16)26(3)4)23-24-18-14-19-20(15-21(18)31-23)30-13-12-29-19;/h6-9,14-15H,5,10-13H2,1-4H3;1H. The number of fused-ring (bicyclic) bond motifs is 2. The van der Waals surface area contributed by atoms with Crippen LogP contribution in [-0.4, -0.2) is 70.3 Å². The second-order valence-corrected chi connectivity index (χ2v) is 9.02. The normalized spacial score (nSPS) is 12.5. The first-order valence-corrected chi connectivity index (χ1v) is 11.2. The molecule has 0 aliphatic carbocycles. The molecule has 4 rings (SSSR count). The highest BCUT2D eigenvalue weighted by Crippen LogP contribution is 2.39. The number of nitrogens with zero attached hydrogens (tertiary/aromatic N) is 4. The van der Waals surface area contributed by atoms with Gasteiger partial charge in [-0.15, -0.1) is 12.4 Å². The summed E-state index contributed by atoms with van der Waals surface area (Å²) >= 11 is 1.50. The monoisotopic (exact) mass is 476 g/mol. The second kappa shape index (κ2) is 10.4. The Balaban J connectivity index is 0.00000289. The van der Waals surface area contributed by atoms with E-state index in [1.54, 1.807) is 4.90 Å². The van der Waals surface area contributed by atoms with Crippen LogP contribution in [0.15, 0.2) is 36.4 Å². The Kier molecular flexibility index (Phi) is 7.82. The lowest BCUT2D eigenvalue weighted by Crippen LogP contribution is -2.33. The van der Waals surface area contributed by atoms with Crippen molar-refractivity contribution in [1.82, 2.24) is 9.88 Å². The van der Waals surface area contributed by atoms with Crippen LogP contribution in [0.3, 0.4) is 0 Å². The van der Waals surface area contributed by atoms with E-state index in [0.29, 0.717) is 36.2 Å². The van der Waals surface area contributed by atoms with Crippen LogP contribution in [0.25, 0.3) is 10.2 Å². The second-order valence-electron chi connectivity index (χ2n) is 8.01. The predicted molar refractivity (Wildman–Crippen MR) is 133 cm³/mol. The largest absolute Gasteiger partial charge is 0.486 e. The summed E-state index contributed by atoms with van der Waals surface area (Å²) in [7, 11) is 8.04. The zero-order valence-corrected chi connectivity index (χ0v) is 20.5. The lowest BCUT2D eigenvalue weighted by molar-refractivity contribution is 0.0986. The van der Waals surface area contributed by atoms with Crippen LogP contribution in [-0.2, 0) is 0 Å². The van der Waals surface area contributed by atoms with Crippen molar-refractivity contribution in [3.8, 4) is 11.5 Å². The molecule has 0 unspecified atom stereocenters. The van der Waals surface area contributed by atoms with E-state index >= 15 is 0 Å². The minimum Gasteiger partial charge on any atom is -0.486 e. The van der Waals surface area contributed by atoms with Gasteiger partial charge in [0.15, 0.2) is 16.6 Å². The third kappa shape index (κ3) is 5.26. The molecule has 9 heteroatoms. The van der Waals surface area contributed by atoms with E-state index in [1.807, 2.05) is 69.5 Å². The predicted octanol–water partition coefficient (Wildman–Crippen LogP) is 4.15. The fourth-order valence-corrected chi connectivity index (χ4v) is 4.46. The van der Waals surface area contributed by atoms with Gasteiger partial charge in [0.05, 0.1) is 10.2 Å². The average Bonchev–Trinajstić information content (AvgIpc) is 3.16. The van der Waals surface area contributed by atoms with Crippen molar-refractivity contribution in [2.75, 3.05) is 64.3 Å². The number of halogens is 1. The van der Waals surface area contributed by atoms with Crippen molar-refractivity contribution < 1.29 is 14.3 Å². The third-order valence-corrected chi connectivity index (χ3v) is 6.18. The molecule has 0 N–H and O–H groups in total. The molecular formula is C23H29ClN4O3S. The molecule has 1 aromatic heterocycles. The molecule has 0 radical (unpaired) electrons. The number of carbonyl (C=O) groups is 1. The highest BCUT2D eigenvalue weighted by molar-refractivity contribution is 7.22. The van der Waals surface area contributed by atoms with Gasteiger partial charge in [-0.3, -0.25) is 9.69 Å². The maximum Gasteiger partial charge on any atom is 0.260 e. The van der Waals surface area contributed by atoms with Gasteiger partial charge in [-0.1, -0.05) is 11.3 Å². The fraction of sp³-hybridized carbons (Fsp3) is 0.391. The highest BCUT2D eigenvalue weighted by atomic mass is 35.5. The van der Waals surface area contributed by atoms with Crippen LogP contribution in [0, 0.1) is 0 Å². The maximum atomic E-state index is 13.5. The summed E-state index contributed by atoms with van der Waals surface area (Å²) < 4.78 is 12.4. The number of amides is 1. The summed E-state index contributed by atoms with van der Waals surface area (Å²) in [6.07, 6.45) is 0.854. The Bertz CT molecular complexity index is 1030. The first-order valence-electron chi connectivity index (χ1n) is 10.4. The van der Waals surface area contributed by atoms with Gasteiger partial charge in [0, 0.05) is 44.0 Å². The van der Waals surface area contributed by atoms with Gasteiger partial charge in [-0.2, -0.15) is 0 Å². The number of anilines is 2. The Hall–Kier alpha value is -2.55. The molecule has 1 aliphatic rings. The molecule has 0 saturated heterocycles. The Morgan fingerprint density at radius 3 is 2.28 bits per heavy atom. The van der Waals surface area contributed by atoms with E-state index in [0.717, 1.165) is 34.6 Å².